The predicted molar refractivity (Wildman–Crippen MR) is 95.1 cm³/mol. The lowest BCUT2D eigenvalue weighted by Crippen LogP contribution is -2.51. The van der Waals surface area contributed by atoms with Gasteiger partial charge in [-0.25, -0.2) is 5.48 Å². The lowest BCUT2D eigenvalue weighted by Gasteiger charge is -2.33. The van der Waals surface area contributed by atoms with Crippen LogP contribution in [0, 0.1) is 11.8 Å². The first kappa shape index (κ1) is 20.4. The molecule has 1 aromatic rings. The van der Waals surface area contributed by atoms with E-state index in [1.165, 1.54) is 0 Å². The minimum atomic E-state index is -1.09. The Bertz CT molecular complexity index is 664. The second kappa shape index (κ2) is 9.12. The van der Waals surface area contributed by atoms with E-state index >= 15 is 0 Å². The Morgan fingerprint density at radius 1 is 1.31 bits per heavy atom. The number of hydrogen-bond donors (Lipinski definition) is 4. The van der Waals surface area contributed by atoms with Crippen LogP contribution < -0.4 is 10.8 Å². The number of nitrogens with one attached hydrogen (secondary N) is 2. The van der Waals surface area contributed by atoms with Crippen LogP contribution in [0.4, 0.5) is 0 Å². The van der Waals surface area contributed by atoms with Crippen LogP contribution in [-0.2, 0) is 14.4 Å². The maximum absolute atomic E-state index is 13.3. The van der Waals surface area contributed by atoms with Crippen molar-refractivity contribution in [3.8, 4) is 0 Å². The first-order chi connectivity index (χ1) is 12.4. The number of aliphatic carboxylic acids is 1. The summed E-state index contributed by atoms with van der Waals surface area (Å²) in [4.78, 5) is 37.0. The summed E-state index contributed by atoms with van der Waals surface area (Å²) in [6.45, 7) is 2.27. The molecule has 0 spiro atoms. The highest BCUT2D eigenvalue weighted by molar-refractivity contribution is 6.30. The Hall–Kier alpha value is -1.96. The molecule has 1 aromatic carbocycles. The maximum atomic E-state index is 13.3. The third-order valence-corrected chi connectivity index (χ3v) is 5.17. The minimum absolute atomic E-state index is 0.309. The molecule has 0 radical (unpaired) electrons. The molecular formula is C18H23ClN2O5. The average molecular weight is 383 g/mol. The van der Waals surface area contributed by atoms with E-state index < -0.39 is 35.7 Å². The lowest BCUT2D eigenvalue weighted by atomic mass is 9.73. The number of Topliss-reactive ketones (excluding diaryl/α,β-unsaturated/α-hetero) is 1. The molecule has 8 heteroatoms. The number of hydroxylamine groups is 1. The highest BCUT2D eigenvalue weighted by Crippen LogP contribution is 2.34. The standard InChI is InChI=1S/C18H23ClN2O5/c1-2-12(17(23)21-26)14(10-5-7-11(19)8-6-10)16(22)13-4-3-9-20-15(13)18(24)25/h5-8,12-15,20,26H,2-4,9H2,1H3,(H,21,23)(H,24,25)/t12-,13-,14?,15-/m0/s1. The smallest absolute Gasteiger partial charge is 0.321 e. The van der Waals surface area contributed by atoms with Crippen molar-refractivity contribution < 1.29 is 24.7 Å². The molecule has 0 saturated carbocycles. The van der Waals surface area contributed by atoms with E-state index in [-0.39, 0.29) is 5.78 Å². The van der Waals surface area contributed by atoms with Gasteiger partial charge in [0.15, 0.2) is 0 Å². The van der Waals surface area contributed by atoms with Crippen LogP contribution in [0.5, 0.6) is 0 Å². The predicted octanol–water partition coefficient (Wildman–Crippen LogP) is 1.98. The summed E-state index contributed by atoms with van der Waals surface area (Å²) >= 11 is 5.92. The number of hydrogen-bond acceptors (Lipinski definition) is 5. The summed E-state index contributed by atoms with van der Waals surface area (Å²) in [5, 5.41) is 21.9. The SMILES string of the molecule is CC[C@H](C(=O)NO)C(C(=O)[C@H]1CCCN[C@@H]1C(=O)O)c1ccc(Cl)cc1. The highest BCUT2D eigenvalue weighted by Gasteiger charge is 2.42. The number of amides is 1. The van der Waals surface area contributed by atoms with Gasteiger partial charge in [0.25, 0.3) is 0 Å². The summed E-state index contributed by atoms with van der Waals surface area (Å²) in [6.07, 6.45) is 1.42. The Morgan fingerprint density at radius 2 is 1.96 bits per heavy atom. The highest BCUT2D eigenvalue weighted by atomic mass is 35.5. The van der Waals surface area contributed by atoms with Crippen LogP contribution >= 0.6 is 11.6 Å². The molecule has 2 rings (SSSR count). The summed E-state index contributed by atoms with van der Waals surface area (Å²) in [5.41, 5.74) is 2.19. The first-order valence-electron chi connectivity index (χ1n) is 8.60. The number of rotatable bonds is 7. The molecule has 1 saturated heterocycles. The molecule has 0 bridgehead atoms. The number of carbonyl (C=O) groups excluding carboxylic acids is 2. The van der Waals surface area contributed by atoms with Crippen LogP contribution in [0.1, 0.15) is 37.7 Å². The zero-order valence-electron chi connectivity index (χ0n) is 14.4. The topological polar surface area (TPSA) is 116 Å². The summed E-state index contributed by atoms with van der Waals surface area (Å²) < 4.78 is 0. The Labute approximate surface area is 156 Å². The van der Waals surface area contributed by atoms with Crippen LogP contribution in [0.25, 0.3) is 0 Å². The van der Waals surface area contributed by atoms with Gasteiger partial charge in [-0.1, -0.05) is 30.7 Å². The summed E-state index contributed by atoms with van der Waals surface area (Å²) in [5.74, 6) is -4.50. The van der Waals surface area contributed by atoms with Gasteiger partial charge in [0.05, 0.1) is 11.8 Å². The number of benzene rings is 1. The quantitative estimate of drug-likeness (QED) is 0.423. The van der Waals surface area contributed by atoms with Crippen LogP contribution in [0.15, 0.2) is 24.3 Å². The molecule has 1 unspecified atom stereocenters. The second-order valence-corrected chi connectivity index (χ2v) is 6.88. The average Bonchev–Trinajstić information content (AvgIpc) is 2.65. The van der Waals surface area contributed by atoms with Crippen LogP contribution in [-0.4, -0.2) is 40.6 Å². The van der Waals surface area contributed by atoms with E-state index in [1.807, 2.05) is 0 Å². The lowest BCUT2D eigenvalue weighted by molar-refractivity contribution is -0.146. The Morgan fingerprint density at radius 3 is 2.50 bits per heavy atom. The van der Waals surface area contributed by atoms with Crippen molar-refractivity contribution in [1.29, 1.82) is 0 Å². The number of halogens is 1. The molecule has 1 aliphatic rings. The van der Waals surface area contributed by atoms with Crippen molar-refractivity contribution in [3.63, 3.8) is 0 Å². The van der Waals surface area contributed by atoms with Crippen LogP contribution in [0.3, 0.4) is 0 Å². The fourth-order valence-electron chi connectivity index (χ4n) is 3.61. The number of carboxylic acids is 1. The van der Waals surface area contributed by atoms with E-state index in [0.29, 0.717) is 36.4 Å². The summed E-state index contributed by atoms with van der Waals surface area (Å²) in [7, 11) is 0. The van der Waals surface area contributed by atoms with Gasteiger partial charge in [-0.3, -0.25) is 19.6 Å². The largest absolute Gasteiger partial charge is 0.480 e. The Kier molecular flexibility index (Phi) is 7.14. The summed E-state index contributed by atoms with van der Waals surface area (Å²) in [6, 6.07) is 5.57. The molecule has 142 valence electrons. The fraction of sp³-hybridized carbons (Fsp3) is 0.500. The number of ketones is 1. The third-order valence-electron chi connectivity index (χ3n) is 4.91. The molecule has 1 fully saturated rings. The van der Waals surface area contributed by atoms with Crippen molar-refractivity contribution >= 4 is 29.3 Å². The number of piperidine rings is 1. The minimum Gasteiger partial charge on any atom is -0.480 e. The van der Waals surface area contributed by atoms with Gasteiger partial charge in [-0.15, -0.1) is 0 Å². The van der Waals surface area contributed by atoms with E-state index in [1.54, 1.807) is 36.7 Å². The van der Waals surface area contributed by atoms with Gasteiger partial charge in [-0.2, -0.15) is 0 Å². The zero-order chi connectivity index (χ0) is 19.3. The molecule has 1 aliphatic heterocycles. The zero-order valence-corrected chi connectivity index (χ0v) is 15.2. The van der Waals surface area contributed by atoms with E-state index in [4.69, 9.17) is 16.8 Å². The Balaban J connectivity index is 2.44. The molecule has 26 heavy (non-hydrogen) atoms. The number of carbonyl (C=O) groups is 3. The molecule has 4 atom stereocenters. The molecule has 7 nitrogen and oxygen atoms in total. The fourth-order valence-corrected chi connectivity index (χ4v) is 3.73. The molecule has 1 heterocycles. The van der Waals surface area contributed by atoms with Crippen molar-refractivity contribution in [2.75, 3.05) is 6.54 Å². The second-order valence-electron chi connectivity index (χ2n) is 6.44. The molecular weight excluding hydrogens is 360 g/mol. The van der Waals surface area contributed by atoms with Crippen molar-refractivity contribution in [2.24, 2.45) is 11.8 Å². The van der Waals surface area contributed by atoms with Gasteiger partial charge in [0.2, 0.25) is 5.91 Å². The molecule has 0 aromatic heterocycles. The monoisotopic (exact) mass is 382 g/mol. The van der Waals surface area contributed by atoms with Crippen molar-refractivity contribution in [3.05, 3.63) is 34.9 Å². The number of carboxylic acid groups (broad SMARTS) is 1. The molecule has 0 aliphatic carbocycles. The van der Waals surface area contributed by atoms with Gasteiger partial charge < -0.3 is 10.4 Å². The first-order valence-corrected chi connectivity index (χ1v) is 8.97. The molecule has 1 amide bonds. The van der Waals surface area contributed by atoms with Crippen LogP contribution in [0.2, 0.25) is 5.02 Å². The third kappa shape index (κ3) is 4.41. The maximum Gasteiger partial charge on any atom is 0.321 e. The molecule has 4 N–H and O–H groups in total. The normalized spacial score (nSPS) is 22.3. The van der Waals surface area contributed by atoms with E-state index in [9.17, 15) is 19.5 Å². The van der Waals surface area contributed by atoms with Gasteiger partial charge in [-0.05, 0) is 43.5 Å². The van der Waals surface area contributed by atoms with Crippen molar-refractivity contribution in [2.45, 2.75) is 38.1 Å². The van der Waals surface area contributed by atoms with Crippen molar-refractivity contribution in [1.82, 2.24) is 10.8 Å². The van der Waals surface area contributed by atoms with Gasteiger partial charge >= 0.3 is 5.97 Å². The van der Waals surface area contributed by atoms with Gasteiger partial charge in [0.1, 0.15) is 11.8 Å². The van der Waals surface area contributed by atoms with E-state index in [2.05, 4.69) is 5.32 Å². The van der Waals surface area contributed by atoms with E-state index in [0.717, 1.165) is 0 Å². The van der Waals surface area contributed by atoms with Gasteiger partial charge in [0, 0.05) is 10.9 Å².